The average Bonchev–Trinajstić information content (AvgIpc) is 3.30. The standard InChI is InChI=1S/C23H27N5O/c1-18-8-11-27(12-9-18)16-20-4-2-19(3-5-20)14-26-23(29)21-6-7-22(25-15-21)28-13-10-24-17-28/h2-7,10,13,15,17-18H,8-9,11-12,14,16H2,1H3,(H,26,29). The number of hydrogen-bond donors (Lipinski definition) is 1. The first-order chi connectivity index (χ1) is 14.2. The summed E-state index contributed by atoms with van der Waals surface area (Å²) in [6.45, 7) is 6.22. The van der Waals surface area contributed by atoms with Crippen LogP contribution in [0.1, 0.15) is 41.3 Å². The Morgan fingerprint density at radius 3 is 2.52 bits per heavy atom. The Morgan fingerprint density at radius 1 is 1.10 bits per heavy atom. The van der Waals surface area contributed by atoms with E-state index in [0.717, 1.165) is 23.8 Å². The topological polar surface area (TPSA) is 63.1 Å². The molecule has 0 aliphatic carbocycles. The minimum absolute atomic E-state index is 0.124. The van der Waals surface area contributed by atoms with Gasteiger partial charge in [0.2, 0.25) is 0 Å². The highest BCUT2D eigenvalue weighted by atomic mass is 16.1. The van der Waals surface area contributed by atoms with E-state index in [4.69, 9.17) is 0 Å². The van der Waals surface area contributed by atoms with Crippen molar-refractivity contribution in [2.24, 2.45) is 5.92 Å². The first kappa shape index (κ1) is 19.3. The molecule has 150 valence electrons. The zero-order valence-electron chi connectivity index (χ0n) is 16.8. The van der Waals surface area contributed by atoms with Crippen molar-refractivity contribution >= 4 is 5.91 Å². The van der Waals surface area contributed by atoms with Gasteiger partial charge in [-0.05, 0) is 55.1 Å². The normalized spacial score (nSPS) is 15.3. The lowest BCUT2D eigenvalue weighted by atomic mass is 9.99. The second kappa shape index (κ2) is 9.01. The second-order valence-electron chi connectivity index (χ2n) is 7.83. The van der Waals surface area contributed by atoms with Gasteiger partial charge in [0.15, 0.2) is 0 Å². The van der Waals surface area contributed by atoms with Crippen molar-refractivity contribution < 1.29 is 4.79 Å². The van der Waals surface area contributed by atoms with Crippen LogP contribution in [-0.4, -0.2) is 38.4 Å². The Morgan fingerprint density at radius 2 is 1.86 bits per heavy atom. The van der Waals surface area contributed by atoms with Gasteiger partial charge in [-0.25, -0.2) is 9.97 Å². The van der Waals surface area contributed by atoms with Gasteiger partial charge in [0.1, 0.15) is 12.1 Å². The van der Waals surface area contributed by atoms with Crippen LogP contribution < -0.4 is 5.32 Å². The molecule has 1 amide bonds. The number of benzene rings is 1. The molecule has 1 saturated heterocycles. The SMILES string of the molecule is CC1CCN(Cc2ccc(CNC(=O)c3ccc(-n4ccnc4)nc3)cc2)CC1. The summed E-state index contributed by atoms with van der Waals surface area (Å²) in [6.07, 6.45) is 9.37. The van der Waals surface area contributed by atoms with Crippen molar-refractivity contribution in [3.05, 3.63) is 78.0 Å². The Kier molecular flexibility index (Phi) is 6.00. The smallest absolute Gasteiger partial charge is 0.253 e. The van der Waals surface area contributed by atoms with Crippen molar-refractivity contribution in [3.63, 3.8) is 0 Å². The number of aromatic nitrogens is 3. The molecule has 1 fully saturated rings. The fraction of sp³-hybridized carbons (Fsp3) is 0.348. The van der Waals surface area contributed by atoms with Gasteiger partial charge >= 0.3 is 0 Å². The molecule has 0 spiro atoms. The summed E-state index contributed by atoms with van der Waals surface area (Å²) >= 11 is 0. The number of nitrogens with zero attached hydrogens (tertiary/aromatic N) is 4. The monoisotopic (exact) mass is 389 g/mol. The quantitative estimate of drug-likeness (QED) is 0.702. The van der Waals surface area contributed by atoms with Crippen molar-refractivity contribution in [2.45, 2.75) is 32.9 Å². The third-order valence-electron chi connectivity index (χ3n) is 5.54. The molecule has 1 aromatic carbocycles. The highest BCUT2D eigenvalue weighted by molar-refractivity contribution is 5.93. The first-order valence-electron chi connectivity index (χ1n) is 10.2. The molecule has 6 nitrogen and oxygen atoms in total. The Balaban J connectivity index is 1.28. The van der Waals surface area contributed by atoms with E-state index >= 15 is 0 Å². The van der Waals surface area contributed by atoms with Crippen molar-refractivity contribution in [1.29, 1.82) is 0 Å². The Bertz CT molecular complexity index is 911. The minimum Gasteiger partial charge on any atom is -0.348 e. The van der Waals surface area contributed by atoms with Crippen LogP contribution in [0, 0.1) is 5.92 Å². The number of amides is 1. The van der Waals surface area contributed by atoms with E-state index in [0.29, 0.717) is 12.1 Å². The third-order valence-corrected chi connectivity index (χ3v) is 5.54. The van der Waals surface area contributed by atoms with Crippen LogP contribution in [0.15, 0.2) is 61.3 Å². The summed E-state index contributed by atoms with van der Waals surface area (Å²) in [5.41, 5.74) is 2.97. The van der Waals surface area contributed by atoms with E-state index in [-0.39, 0.29) is 5.91 Å². The fourth-order valence-electron chi connectivity index (χ4n) is 3.59. The number of carbonyl (C=O) groups is 1. The number of likely N-dealkylation sites (tertiary alicyclic amines) is 1. The number of pyridine rings is 1. The van der Waals surface area contributed by atoms with E-state index in [1.807, 2.05) is 12.3 Å². The number of rotatable bonds is 6. The molecule has 29 heavy (non-hydrogen) atoms. The first-order valence-corrected chi connectivity index (χ1v) is 10.2. The molecule has 0 radical (unpaired) electrons. The molecule has 1 N–H and O–H groups in total. The number of hydrogen-bond acceptors (Lipinski definition) is 4. The molecule has 1 aliphatic heterocycles. The van der Waals surface area contributed by atoms with Gasteiger partial charge in [0, 0.05) is 31.7 Å². The van der Waals surface area contributed by atoms with Gasteiger partial charge in [0.25, 0.3) is 5.91 Å². The highest BCUT2D eigenvalue weighted by Crippen LogP contribution is 2.18. The van der Waals surface area contributed by atoms with E-state index in [9.17, 15) is 4.79 Å². The van der Waals surface area contributed by atoms with Crippen molar-refractivity contribution in [3.8, 4) is 5.82 Å². The third kappa shape index (κ3) is 5.09. The molecular weight excluding hydrogens is 362 g/mol. The van der Waals surface area contributed by atoms with E-state index in [1.165, 1.54) is 31.5 Å². The Hall–Kier alpha value is -2.99. The second-order valence-corrected chi connectivity index (χ2v) is 7.83. The maximum Gasteiger partial charge on any atom is 0.253 e. The maximum atomic E-state index is 12.4. The Labute approximate surface area is 171 Å². The summed E-state index contributed by atoms with van der Waals surface area (Å²) in [5, 5.41) is 2.97. The molecule has 0 saturated carbocycles. The lowest BCUT2D eigenvalue weighted by Crippen LogP contribution is -2.32. The lowest BCUT2D eigenvalue weighted by molar-refractivity contribution is 0.0950. The predicted molar refractivity (Wildman–Crippen MR) is 113 cm³/mol. The van der Waals surface area contributed by atoms with Crippen LogP contribution in [0.4, 0.5) is 0 Å². The molecule has 0 unspecified atom stereocenters. The molecule has 6 heteroatoms. The summed E-state index contributed by atoms with van der Waals surface area (Å²) in [5.74, 6) is 1.47. The molecule has 1 aliphatic rings. The van der Waals surface area contributed by atoms with Gasteiger partial charge in [-0.1, -0.05) is 31.2 Å². The van der Waals surface area contributed by atoms with Crippen LogP contribution in [0.3, 0.4) is 0 Å². The van der Waals surface area contributed by atoms with E-state index in [2.05, 4.69) is 51.4 Å². The zero-order chi connectivity index (χ0) is 20.1. The maximum absolute atomic E-state index is 12.4. The summed E-state index contributed by atoms with van der Waals surface area (Å²) in [6, 6.07) is 12.1. The molecule has 2 aromatic heterocycles. The predicted octanol–water partition coefficient (Wildman–Crippen LogP) is 3.43. The van der Waals surface area contributed by atoms with Crippen molar-refractivity contribution in [1.82, 2.24) is 24.8 Å². The van der Waals surface area contributed by atoms with Crippen LogP contribution in [-0.2, 0) is 13.1 Å². The lowest BCUT2D eigenvalue weighted by Gasteiger charge is -2.30. The van der Waals surface area contributed by atoms with E-state index < -0.39 is 0 Å². The number of piperidine rings is 1. The number of nitrogens with one attached hydrogen (secondary N) is 1. The number of carbonyl (C=O) groups excluding carboxylic acids is 1. The average molecular weight is 390 g/mol. The van der Waals surface area contributed by atoms with Crippen molar-refractivity contribution in [2.75, 3.05) is 13.1 Å². The summed E-state index contributed by atoms with van der Waals surface area (Å²) in [7, 11) is 0. The summed E-state index contributed by atoms with van der Waals surface area (Å²) in [4.78, 5) is 23.2. The van der Waals surface area contributed by atoms with Gasteiger partial charge in [-0.3, -0.25) is 14.3 Å². The highest BCUT2D eigenvalue weighted by Gasteiger charge is 2.15. The molecule has 4 rings (SSSR count). The molecular formula is C23H27N5O. The summed E-state index contributed by atoms with van der Waals surface area (Å²) < 4.78 is 1.80. The number of imidazole rings is 1. The molecule has 0 bridgehead atoms. The minimum atomic E-state index is -0.124. The molecule has 0 atom stereocenters. The molecule has 3 heterocycles. The molecule has 3 aromatic rings. The largest absolute Gasteiger partial charge is 0.348 e. The van der Waals surface area contributed by atoms with Crippen LogP contribution in [0.25, 0.3) is 5.82 Å². The van der Waals surface area contributed by atoms with Gasteiger partial charge in [0.05, 0.1) is 5.56 Å². The fourth-order valence-corrected chi connectivity index (χ4v) is 3.59. The van der Waals surface area contributed by atoms with Gasteiger partial charge in [-0.15, -0.1) is 0 Å². The van der Waals surface area contributed by atoms with E-state index in [1.54, 1.807) is 29.4 Å². The van der Waals surface area contributed by atoms with Crippen LogP contribution in [0.5, 0.6) is 0 Å². The van der Waals surface area contributed by atoms with Crippen LogP contribution in [0.2, 0.25) is 0 Å². The van der Waals surface area contributed by atoms with Gasteiger partial charge < -0.3 is 5.32 Å². The van der Waals surface area contributed by atoms with Gasteiger partial charge in [-0.2, -0.15) is 0 Å². The van der Waals surface area contributed by atoms with Crippen LogP contribution >= 0.6 is 0 Å². The zero-order valence-corrected chi connectivity index (χ0v) is 16.8.